The predicted molar refractivity (Wildman–Crippen MR) is 77.7 cm³/mol. The quantitative estimate of drug-likeness (QED) is 0.652. The van der Waals surface area contributed by atoms with Crippen LogP contribution < -0.4 is 5.32 Å². The Bertz CT molecular complexity index is 626. The molecule has 2 aromatic carbocycles. The summed E-state index contributed by atoms with van der Waals surface area (Å²) in [4.78, 5) is 21.8. The van der Waals surface area contributed by atoms with Crippen LogP contribution in [0.15, 0.2) is 54.6 Å². The molecule has 2 N–H and O–H groups in total. The minimum atomic E-state index is -1.01. The third-order valence-electron chi connectivity index (χ3n) is 2.92. The van der Waals surface area contributed by atoms with Crippen LogP contribution in [0.25, 0.3) is 0 Å². The monoisotopic (exact) mass is 286 g/mol. The van der Waals surface area contributed by atoms with Crippen molar-refractivity contribution in [1.82, 2.24) is 0 Å². The molecule has 2 aromatic rings. The minimum absolute atomic E-state index is 0.0558. The zero-order chi connectivity index (χ0) is 15.2. The molecule has 0 saturated carbocycles. The molecule has 2 rings (SSSR count). The van der Waals surface area contributed by atoms with E-state index < -0.39 is 11.0 Å². The summed E-state index contributed by atoms with van der Waals surface area (Å²) in [5.41, 5.74) is 1.06. The number of nitrogens with one attached hydrogen (secondary N) is 1. The van der Waals surface area contributed by atoms with Crippen molar-refractivity contribution in [3.63, 3.8) is 0 Å². The van der Waals surface area contributed by atoms with E-state index in [9.17, 15) is 20.0 Å². The van der Waals surface area contributed by atoms with Gasteiger partial charge in [-0.2, -0.15) is 0 Å². The Kier molecular flexibility index (Phi) is 4.63. The van der Waals surface area contributed by atoms with Crippen LogP contribution >= 0.6 is 0 Å². The molecule has 1 unspecified atom stereocenters. The molecular formula is C15H14N2O4. The predicted octanol–water partition coefficient (Wildman–Crippen LogP) is 2.66. The Morgan fingerprint density at radius 1 is 1.14 bits per heavy atom. The number of nitro groups is 1. The molecule has 0 aliphatic rings. The summed E-state index contributed by atoms with van der Waals surface area (Å²) in [5, 5.41) is 23.2. The minimum Gasteiger partial charge on any atom is -0.388 e. The fourth-order valence-electron chi connectivity index (χ4n) is 1.85. The zero-order valence-corrected chi connectivity index (χ0v) is 11.1. The van der Waals surface area contributed by atoms with Crippen LogP contribution in [-0.2, 0) is 4.79 Å². The number of amides is 1. The van der Waals surface area contributed by atoms with E-state index in [4.69, 9.17) is 0 Å². The van der Waals surface area contributed by atoms with Crippen molar-refractivity contribution in [2.75, 3.05) is 5.32 Å². The standard InChI is InChI=1S/C15H14N2O4/c18-14(11-6-8-13(9-7-11)17(20)21)10-15(19)16-12-4-2-1-3-5-12/h1-9,14,18H,10H2,(H,16,19). The molecule has 6 nitrogen and oxygen atoms in total. The smallest absolute Gasteiger partial charge is 0.269 e. The number of nitrogens with zero attached hydrogens (tertiary/aromatic N) is 1. The van der Waals surface area contributed by atoms with E-state index in [1.165, 1.54) is 24.3 Å². The molecule has 0 aliphatic heterocycles. The van der Waals surface area contributed by atoms with E-state index in [2.05, 4.69) is 5.32 Å². The van der Waals surface area contributed by atoms with Crippen molar-refractivity contribution in [3.8, 4) is 0 Å². The highest BCUT2D eigenvalue weighted by Crippen LogP contribution is 2.20. The van der Waals surface area contributed by atoms with Crippen molar-refractivity contribution in [3.05, 3.63) is 70.3 Å². The van der Waals surface area contributed by atoms with E-state index in [1.54, 1.807) is 24.3 Å². The normalized spacial score (nSPS) is 11.7. The lowest BCUT2D eigenvalue weighted by Gasteiger charge is -2.11. The molecule has 0 aliphatic carbocycles. The number of benzene rings is 2. The zero-order valence-electron chi connectivity index (χ0n) is 11.1. The van der Waals surface area contributed by atoms with Crippen molar-refractivity contribution >= 4 is 17.3 Å². The lowest BCUT2D eigenvalue weighted by Crippen LogP contribution is -2.15. The Morgan fingerprint density at radius 2 is 1.76 bits per heavy atom. The van der Waals surface area contributed by atoms with Gasteiger partial charge < -0.3 is 10.4 Å². The van der Waals surface area contributed by atoms with Gasteiger partial charge in [-0.05, 0) is 29.8 Å². The SMILES string of the molecule is O=C(CC(O)c1ccc([N+](=O)[O-])cc1)Nc1ccccc1. The Morgan fingerprint density at radius 3 is 2.33 bits per heavy atom. The maximum atomic E-state index is 11.8. The van der Waals surface area contributed by atoms with Gasteiger partial charge in [-0.1, -0.05) is 18.2 Å². The molecule has 0 heterocycles. The van der Waals surface area contributed by atoms with Gasteiger partial charge in [0.2, 0.25) is 5.91 Å². The van der Waals surface area contributed by atoms with Gasteiger partial charge in [-0.15, -0.1) is 0 Å². The van der Waals surface area contributed by atoms with Crippen LogP contribution in [0.1, 0.15) is 18.1 Å². The second kappa shape index (κ2) is 6.62. The van der Waals surface area contributed by atoms with Crippen LogP contribution in [0.5, 0.6) is 0 Å². The van der Waals surface area contributed by atoms with Crippen LogP contribution in [0.4, 0.5) is 11.4 Å². The van der Waals surface area contributed by atoms with Crippen molar-refractivity contribution < 1.29 is 14.8 Å². The number of nitro benzene ring substituents is 1. The molecule has 0 saturated heterocycles. The number of anilines is 1. The van der Waals surface area contributed by atoms with Crippen LogP contribution in [0, 0.1) is 10.1 Å². The maximum absolute atomic E-state index is 11.8. The van der Waals surface area contributed by atoms with E-state index in [0.29, 0.717) is 11.3 Å². The number of aliphatic hydroxyl groups excluding tert-OH is 1. The van der Waals surface area contributed by atoms with E-state index in [1.807, 2.05) is 6.07 Å². The summed E-state index contributed by atoms with van der Waals surface area (Å²) in [6.07, 6.45) is -1.12. The number of carbonyl (C=O) groups excluding carboxylic acids is 1. The molecule has 6 heteroatoms. The molecule has 108 valence electrons. The van der Waals surface area contributed by atoms with E-state index in [-0.39, 0.29) is 18.0 Å². The fraction of sp³-hybridized carbons (Fsp3) is 0.133. The lowest BCUT2D eigenvalue weighted by molar-refractivity contribution is -0.384. The maximum Gasteiger partial charge on any atom is 0.269 e. The van der Waals surface area contributed by atoms with Crippen LogP contribution in [-0.4, -0.2) is 15.9 Å². The van der Waals surface area contributed by atoms with Gasteiger partial charge >= 0.3 is 0 Å². The van der Waals surface area contributed by atoms with E-state index in [0.717, 1.165) is 0 Å². The number of carbonyl (C=O) groups is 1. The first-order valence-electron chi connectivity index (χ1n) is 6.33. The van der Waals surface area contributed by atoms with Gasteiger partial charge in [0.25, 0.3) is 5.69 Å². The van der Waals surface area contributed by atoms with Gasteiger partial charge in [0.1, 0.15) is 0 Å². The highest BCUT2D eigenvalue weighted by atomic mass is 16.6. The lowest BCUT2D eigenvalue weighted by atomic mass is 10.1. The molecule has 0 fully saturated rings. The first kappa shape index (κ1) is 14.7. The average Bonchev–Trinajstić information content (AvgIpc) is 2.48. The van der Waals surface area contributed by atoms with Crippen LogP contribution in [0.3, 0.4) is 0 Å². The highest BCUT2D eigenvalue weighted by molar-refractivity contribution is 5.91. The van der Waals surface area contributed by atoms with Crippen molar-refractivity contribution in [2.45, 2.75) is 12.5 Å². The number of hydrogen-bond acceptors (Lipinski definition) is 4. The number of hydrogen-bond donors (Lipinski definition) is 2. The molecule has 0 aromatic heterocycles. The van der Waals surface area contributed by atoms with Gasteiger partial charge in [0.15, 0.2) is 0 Å². The van der Waals surface area contributed by atoms with Gasteiger partial charge in [-0.3, -0.25) is 14.9 Å². The molecule has 1 amide bonds. The van der Waals surface area contributed by atoms with Crippen molar-refractivity contribution in [1.29, 1.82) is 0 Å². The molecular weight excluding hydrogens is 272 g/mol. The summed E-state index contributed by atoms with van der Waals surface area (Å²) in [5.74, 6) is -0.327. The molecule has 0 spiro atoms. The third kappa shape index (κ3) is 4.12. The Labute approximate surface area is 121 Å². The number of para-hydroxylation sites is 1. The molecule has 0 radical (unpaired) electrons. The van der Waals surface area contributed by atoms with E-state index >= 15 is 0 Å². The van der Waals surface area contributed by atoms with Gasteiger partial charge in [0, 0.05) is 17.8 Å². The summed E-state index contributed by atoms with van der Waals surface area (Å²) < 4.78 is 0. The number of non-ortho nitro benzene ring substituents is 1. The summed E-state index contributed by atoms with van der Waals surface area (Å²) in [7, 11) is 0. The second-order valence-corrected chi connectivity index (χ2v) is 4.48. The first-order valence-corrected chi connectivity index (χ1v) is 6.33. The topological polar surface area (TPSA) is 92.5 Å². The fourth-order valence-corrected chi connectivity index (χ4v) is 1.85. The average molecular weight is 286 g/mol. The summed E-state index contributed by atoms with van der Waals surface area (Å²) in [6, 6.07) is 14.4. The second-order valence-electron chi connectivity index (χ2n) is 4.48. The molecule has 0 bridgehead atoms. The Hall–Kier alpha value is -2.73. The first-order chi connectivity index (χ1) is 10.1. The number of aliphatic hydroxyl groups is 1. The van der Waals surface area contributed by atoms with Gasteiger partial charge in [0.05, 0.1) is 17.4 Å². The highest BCUT2D eigenvalue weighted by Gasteiger charge is 2.14. The van der Waals surface area contributed by atoms with Gasteiger partial charge in [-0.25, -0.2) is 0 Å². The summed E-state index contributed by atoms with van der Waals surface area (Å²) in [6.45, 7) is 0. The third-order valence-corrected chi connectivity index (χ3v) is 2.92. The van der Waals surface area contributed by atoms with Crippen molar-refractivity contribution in [2.24, 2.45) is 0 Å². The van der Waals surface area contributed by atoms with Crippen LogP contribution in [0.2, 0.25) is 0 Å². The molecule has 21 heavy (non-hydrogen) atoms. The summed E-state index contributed by atoms with van der Waals surface area (Å²) >= 11 is 0. The Balaban J connectivity index is 1.95. The largest absolute Gasteiger partial charge is 0.388 e. The number of rotatable bonds is 5. The molecule has 1 atom stereocenters.